The number of nitrogens with one attached hydrogen (secondary N) is 1. The van der Waals surface area contributed by atoms with Gasteiger partial charge in [-0.05, 0) is 31.0 Å². The molecule has 0 aliphatic carbocycles. The van der Waals surface area contributed by atoms with E-state index in [1.165, 1.54) is 6.20 Å². The Morgan fingerprint density at radius 1 is 1.26 bits per heavy atom. The zero-order valence-electron chi connectivity index (χ0n) is 15.0. The number of pyridine rings is 1. The number of aromatic nitrogens is 4. The number of nitrogens with zero attached hydrogens (tertiary/aromatic N) is 6. The number of aromatic amines is 1. The van der Waals surface area contributed by atoms with Crippen LogP contribution in [0.4, 0.5) is 5.82 Å². The van der Waals surface area contributed by atoms with Crippen LogP contribution in [0, 0.1) is 11.3 Å². The standard InChI is InChI=1S/C19H19N7O/c1-25(18-16-4-7-21-17(16)23-12-24-18)15-5-8-26(9-6-15)19(27)13-2-3-14(10-20)22-11-13/h2-4,7,11-12,15H,5-6,8-9H2,1H3,(H,21,23,24). The maximum Gasteiger partial charge on any atom is 0.255 e. The molecule has 1 fully saturated rings. The molecule has 1 saturated heterocycles. The van der Waals surface area contributed by atoms with Crippen LogP contribution in [0.15, 0.2) is 36.9 Å². The summed E-state index contributed by atoms with van der Waals surface area (Å²) in [6.45, 7) is 1.35. The van der Waals surface area contributed by atoms with Crippen LogP contribution in [-0.4, -0.2) is 56.9 Å². The van der Waals surface area contributed by atoms with Crippen molar-refractivity contribution in [3.63, 3.8) is 0 Å². The minimum atomic E-state index is -0.0387. The van der Waals surface area contributed by atoms with Gasteiger partial charge in [0.25, 0.3) is 5.91 Å². The van der Waals surface area contributed by atoms with E-state index in [4.69, 9.17) is 5.26 Å². The number of H-pyrrole nitrogens is 1. The number of fused-ring (bicyclic) bond motifs is 1. The Kier molecular flexibility index (Phi) is 4.42. The van der Waals surface area contributed by atoms with Gasteiger partial charge in [0.15, 0.2) is 0 Å². The molecule has 4 rings (SSSR count). The highest BCUT2D eigenvalue weighted by Gasteiger charge is 2.27. The van der Waals surface area contributed by atoms with Gasteiger partial charge in [-0.15, -0.1) is 0 Å². The second-order valence-electron chi connectivity index (χ2n) is 6.62. The summed E-state index contributed by atoms with van der Waals surface area (Å²) in [7, 11) is 2.04. The van der Waals surface area contributed by atoms with Crippen molar-refractivity contribution >= 4 is 22.8 Å². The Bertz CT molecular complexity index is 997. The summed E-state index contributed by atoms with van der Waals surface area (Å²) in [5.74, 6) is 0.866. The Morgan fingerprint density at radius 3 is 2.78 bits per heavy atom. The number of piperidine rings is 1. The summed E-state index contributed by atoms with van der Waals surface area (Å²) < 4.78 is 0. The average molecular weight is 361 g/mol. The van der Waals surface area contributed by atoms with Crippen molar-refractivity contribution in [3.05, 3.63) is 48.2 Å². The maximum absolute atomic E-state index is 12.7. The van der Waals surface area contributed by atoms with Crippen molar-refractivity contribution in [1.29, 1.82) is 5.26 Å². The van der Waals surface area contributed by atoms with E-state index in [0.717, 1.165) is 29.7 Å². The number of rotatable bonds is 3. The smallest absolute Gasteiger partial charge is 0.255 e. The van der Waals surface area contributed by atoms with E-state index in [2.05, 4.69) is 24.8 Å². The highest BCUT2D eigenvalue weighted by atomic mass is 16.2. The molecule has 1 aliphatic heterocycles. The molecule has 4 heterocycles. The number of carbonyl (C=O) groups is 1. The molecule has 1 aliphatic rings. The Morgan fingerprint density at radius 2 is 2.07 bits per heavy atom. The molecule has 3 aromatic rings. The van der Waals surface area contributed by atoms with Gasteiger partial charge in [-0.25, -0.2) is 15.0 Å². The summed E-state index contributed by atoms with van der Waals surface area (Å²) in [4.78, 5) is 32.5. The largest absolute Gasteiger partial charge is 0.356 e. The molecule has 8 nitrogen and oxygen atoms in total. The van der Waals surface area contributed by atoms with Gasteiger partial charge in [0, 0.05) is 38.6 Å². The van der Waals surface area contributed by atoms with Crippen LogP contribution < -0.4 is 4.90 Å². The SMILES string of the molecule is CN(c1ncnc2[nH]ccc12)C1CCN(C(=O)c2ccc(C#N)nc2)CC1. The monoisotopic (exact) mass is 361 g/mol. The first-order valence-corrected chi connectivity index (χ1v) is 8.83. The van der Waals surface area contributed by atoms with Crippen molar-refractivity contribution in [2.45, 2.75) is 18.9 Å². The van der Waals surface area contributed by atoms with E-state index >= 15 is 0 Å². The minimum absolute atomic E-state index is 0.0387. The Labute approximate surface area is 156 Å². The lowest BCUT2D eigenvalue weighted by Gasteiger charge is -2.37. The molecule has 0 radical (unpaired) electrons. The molecule has 0 unspecified atom stereocenters. The van der Waals surface area contributed by atoms with Crippen molar-refractivity contribution in [2.24, 2.45) is 0 Å². The van der Waals surface area contributed by atoms with E-state index in [1.807, 2.05) is 30.3 Å². The fourth-order valence-corrected chi connectivity index (χ4v) is 3.54. The summed E-state index contributed by atoms with van der Waals surface area (Å²) in [5, 5.41) is 9.82. The zero-order valence-corrected chi connectivity index (χ0v) is 15.0. The number of hydrogen-bond donors (Lipinski definition) is 1. The molecule has 0 aromatic carbocycles. The lowest BCUT2D eigenvalue weighted by molar-refractivity contribution is 0.0713. The van der Waals surface area contributed by atoms with Gasteiger partial charge in [-0.2, -0.15) is 5.26 Å². The average Bonchev–Trinajstić information content (AvgIpc) is 3.22. The van der Waals surface area contributed by atoms with Gasteiger partial charge in [0.2, 0.25) is 0 Å². The fourth-order valence-electron chi connectivity index (χ4n) is 3.54. The summed E-state index contributed by atoms with van der Waals surface area (Å²) in [6, 6.07) is 7.49. The van der Waals surface area contributed by atoms with E-state index in [-0.39, 0.29) is 5.91 Å². The van der Waals surface area contributed by atoms with Gasteiger partial charge in [-0.3, -0.25) is 4.79 Å². The van der Waals surface area contributed by atoms with Crippen LogP contribution in [0.3, 0.4) is 0 Å². The lowest BCUT2D eigenvalue weighted by Crippen LogP contribution is -2.46. The Hall–Kier alpha value is -3.47. The number of likely N-dealkylation sites (tertiary alicyclic amines) is 1. The highest BCUT2D eigenvalue weighted by molar-refractivity contribution is 5.94. The van der Waals surface area contributed by atoms with Crippen molar-refractivity contribution in [2.75, 3.05) is 25.0 Å². The van der Waals surface area contributed by atoms with E-state index in [0.29, 0.717) is 30.4 Å². The van der Waals surface area contributed by atoms with Crippen LogP contribution in [-0.2, 0) is 0 Å². The van der Waals surface area contributed by atoms with Crippen LogP contribution >= 0.6 is 0 Å². The first kappa shape index (κ1) is 17.0. The summed E-state index contributed by atoms with van der Waals surface area (Å²) in [5.41, 5.74) is 1.66. The van der Waals surface area contributed by atoms with Crippen molar-refractivity contribution in [1.82, 2.24) is 24.8 Å². The lowest BCUT2D eigenvalue weighted by atomic mass is 10.0. The van der Waals surface area contributed by atoms with Crippen molar-refractivity contribution in [3.8, 4) is 6.07 Å². The number of carbonyl (C=O) groups excluding carboxylic acids is 1. The second kappa shape index (κ2) is 7.03. The minimum Gasteiger partial charge on any atom is -0.356 e. The highest BCUT2D eigenvalue weighted by Crippen LogP contribution is 2.26. The van der Waals surface area contributed by atoms with Crippen LogP contribution in [0.1, 0.15) is 28.9 Å². The quantitative estimate of drug-likeness (QED) is 0.765. The predicted octanol–water partition coefficient (Wildman–Crippen LogP) is 1.97. The summed E-state index contributed by atoms with van der Waals surface area (Å²) in [6.07, 6.45) is 6.64. The molecule has 0 saturated carbocycles. The molecule has 27 heavy (non-hydrogen) atoms. The van der Waals surface area contributed by atoms with E-state index in [1.54, 1.807) is 18.5 Å². The van der Waals surface area contributed by atoms with Gasteiger partial charge in [-0.1, -0.05) is 0 Å². The van der Waals surface area contributed by atoms with E-state index < -0.39 is 0 Å². The predicted molar refractivity (Wildman–Crippen MR) is 100 cm³/mol. The van der Waals surface area contributed by atoms with Gasteiger partial charge in [0.1, 0.15) is 29.6 Å². The molecular weight excluding hydrogens is 342 g/mol. The second-order valence-corrected chi connectivity index (χ2v) is 6.62. The number of hydrogen-bond acceptors (Lipinski definition) is 6. The first-order valence-electron chi connectivity index (χ1n) is 8.83. The third kappa shape index (κ3) is 3.19. The third-order valence-corrected chi connectivity index (χ3v) is 5.09. The number of nitriles is 1. The molecular formula is C19H19N7O. The summed E-state index contributed by atoms with van der Waals surface area (Å²) >= 11 is 0. The molecule has 0 bridgehead atoms. The normalized spacial score (nSPS) is 14.9. The third-order valence-electron chi connectivity index (χ3n) is 5.09. The van der Waals surface area contributed by atoms with Gasteiger partial charge >= 0.3 is 0 Å². The molecule has 136 valence electrons. The van der Waals surface area contributed by atoms with Crippen LogP contribution in [0.25, 0.3) is 11.0 Å². The maximum atomic E-state index is 12.7. The molecule has 1 amide bonds. The van der Waals surface area contributed by atoms with Gasteiger partial charge in [0.05, 0.1) is 10.9 Å². The molecule has 8 heteroatoms. The zero-order chi connectivity index (χ0) is 18.8. The number of anilines is 1. The fraction of sp³-hybridized carbons (Fsp3) is 0.316. The van der Waals surface area contributed by atoms with Gasteiger partial charge < -0.3 is 14.8 Å². The Balaban J connectivity index is 1.43. The van der Waals surface area contributed by atoms with E-state index in [9.17, 15) is 4.79 Å². The molecule has 1 N–H and O–H groups in total. The van der Waals surface area contributed by atoms with Crippen LogP contribution in [0.5, 0.6) is 0 Å². The molecule has 0 atom stereocenters. The topological polar surface area (TPSA) is 102 Å². The first-order chi connectivity index (χ1) is 13.2. The van der Waals surface area contributed by atoms with Crippen molar-refractivity contribution < 1.29 is 4.79 Å². The molecule has 3 aromatic heterocycles. The molecule has 0 spiro atoms. The van der Waals surface area contributed by atoms with Crippen LogP contribution in [0.2, 0.25) is 0 Å². The number of amides is 1.